The summed E-state index contributed by atoms with van der Waals surface area (Å²) >= 11 is 0. The second-order valence-corrected chi connectivity index (χ2v) is 8.90. The Kier molecular flexibility index (Phi) is 5.53. The van der Waals surface area contributed by atoms with Crippen LogP contribution in [0.2, 0.25) is 0 Å². The molecule has 2 atom stereocenters. The third-order valence-electron chi connectivity index (χ3n) is 4.59. The summed E-state index contributed by atoms with van der Waals surface area (Å²) in [7, 11) is -3.47. The number of hydrogen-bond donors (Lipinski definition) is 1. The van der Waals surface area contributed by atoms with Crippen LogP contribution in [0.3, 0.4) is 0 Å². The molecule has 0 saturated heterocycles. The van der Waals surface area contributed by atoms with E-state index in [-0.39, 0.29) is 19.4 Å². The highest BCUT2D eigenvalue weighted by atomic mass is 32.2. The van der Waals surface area contributed by atoms with Crippen molar-refractivity contribution >= 4 is 10.0 Å². The Labute approximate surface area is 157 Å². The van der Waals surface area contributed by atoms with Gasteiger partial charge in [0.15, 0.2) is 0 Å². The van der Waals surface area contributed by atoms with Gasteiger partial charge in [-0.15, -0.1) is 0 Å². The van der Waals surface area contributed by atoms with E-state index in [2.05, 4.69) is 9.82 Å². The number of rotatable bonds is 6. The molecule has 1 N–H and O–H groups in total. The first-order chi connectivity index (χ1) is 12.6. The molecule has 6 nitrogen and oxygen atoms in total. The van der Waals surface area contributed by atoms with Crippen LogP contribution in [0, 0.1) is 12.8 Å². The molecule has 0 amide bonds. The lowest BCUT2D eigenvalue weighted by Gasteiger charge is -2.35. The molecule has 1 aromatic carbocycles. The van der Waals surface area contributed by atoms with Crippen molar-refractivity contribution in [3.8, 4) is 11.4 Å². The molecule has 1 saturated carbocycles. The van der Waals surface area contributed by atoms with E-state index < -0.39 is 34.3 Å². The molecule has 1 aliphatic carbocycles. The lowest BCUT2D eigenvalue weighted by atomic mass is 9.83. The Balaban J connectivity index is 1.65. The molecule has 1 aliphatic rings. The minimum Gasteiger partial charge on any atom is -0.493 e. The molecular weight excluding hydrogens is 376 g/mol. The van der Waals surface area contributed by atoms with Gasteiger partial charge >= 0.3 is 0 Å². The first-order valence-electron chi connectivity index (χ1n) is 8.71. The van der Waals surface area contributed by atoms with Crippen molar-refractivity contribution in [2.24, 2.45) is 5.92 Å². The molecule has 27 heavy (non-hydrogen) atoms. The van der Waals surface area contributed by atoms with Crippen LogP contribution >= 0.6 is 0 Å². The molecule has 1 fully saturated rings. The van der Waals surface area contributed by atoms with Crippen molar-refractivity contribution in [1.82, 2.24) is 14.5 Å². The summed E-state index contributed by atoms with van der Waals surface area (Å²) in [5, 5.41) is 4.22. The van der Waals surface area contributed by atoms with Crippen LogP contribution in [-0.4, -0.2) is 43.0 Å². The van der Waals surface area contributed by atoms with Gasteiger partial charge in [-0.2, -0.15) is 5.10 Å². The van der Waals surface area contributed by atoms with Crippen LogP contribution in [0.25, 0.3) is 5.69 Å². The molecule has 0 aliphatic heterocycles. The van der Waals surface area contributed by atoms with Gasteiger partial charge in [-0.05, 0) is 43.2 Å². The van der Waals surface area contributed by atoms with Crippen molar-refractivity contribution in [2.75, 3.05) is 12.9 Å². The fourth-order valence-corrected chi connectivity index (χ4v) is 4.15. The maximum absolute atomic E-state index is 13.8. The van der Waals surface area contributed by atoms with Gasteiger partial charge in [-0.1, -0.05) is 0 Å². The van der Waals surface area contributed by atoms with Gasteiger partial charge in [0, 0.05) is 31.0 Å². The highest BCUT2D eigenvalue weighted by molar-refractivity contribution is 7.88. The lowest BCUT2D eigenvalue weighted by molar-refractivity contribution is -0.0660. The summed E-state index contributed by atoms with van der Waals surface area (Å²) in [6.45, 7) is 1.96. The van der Waals surface area contributed by atoms with E-state index in [0.717, 1.165) is 17.5 Å². The standard InChI is InChI=1S/C18H23F2N3O3S/c1-13-10-21-23(11-13)15-3-5-16(6-4-15)26-12-14-9-18(19,20)8-7-17(14)22-27(2,24)25/h3-6,10-11,14,17,22H,7-9,12H2,1-2H3/t14-,17+/m1/s1. The molecule has 1 heterocycles. The van der Waals surface area contributed by atoms with E-state index in [4.69, 9.17) is 4.74 Å². The molecule has 0 radical (unpaired) electrons. The molecular formula is C18H23F2N3O3S. The molecule has 0 bridgehead atoms. The first kappa shape index (κ1) is 19.8. The zero-order chi connectivity index (χ0) is 19.7. The maximum Gasteiger partial charge on any atom is 0.248 e. The quantitative estimate of drug-likeness (QED) is 0.811. The number of nitrogens with one attached hydrogen (secondary N) is 1. The van der Waals surface area contributed by atoms with Gasteiger partial charge in [0.25, 0.3) is 0 Å². The van der Waals surface area contributed by atoms with E-state index in [1.807, 2.05) is 25.3 Å². The molecule has 9 heteroatoms. The van der Waals surface area contributed by atoms with E-state index in [0.29, 0.717) is 5.75 Å². The second-order valence-electron chi connectivity index (χ2n) is 7.12. The topological polar surface area (TPSA) is 73.2 Å². The number of nitrogens with zero attached hydrogens (tertiary/aromatic N) is 2. The molecule has 148 valence electrons. The maximum atomic E-state index is 13.8. The van der Waals surface area contributed by atoms with Crippen molar-refractivity contribution in [1.29, 1.82) is 0 Å². The summed E-state index contributed by atoms with van der Waals surface area (Å²) in [5.74, 6) is -2.86. The molecule has 2 aromatic rings. The monoisotopic (exact) mass is 399 g/mol. The van der Waals surface area contributed by atoms with Crippen LogP contribution in [0.5, 0.6) is 5.75 Å². The van der Waals surface area contributed by atoms with Gasteiger partial charge in [0.05, 0.1) is 24.7 Å². The van der Waals surface area contributed by atoms with E-state index in [1.54, 1.807) is 23.0 Å². The fourth-order valence-electron chi connectivity index (χ4n) is 3.29. The van der Waals surface area contributed by atoms with Crippen molar-refractivity contribution in [3.05, 3.63) is 42.2 Å². The number of benzene rings is 1. The Bertz CT molecular complexity index is 882. The molecule has 1 aromatic heterocycles. The summed E-state index contributed by atoms with van der Waals surface area (Å²) < 4.78 is 60.5. The van der Waals surface area contributed by atoms with Crippen LogP contribution in [-0.2, 0) is 10.0 Å². The highest BCUT2D eigenvalue weighted by Gasteiger charge is 2.42. The van der Waals surface area contributed by atoms with Gasteiger partial charge in [0.2, 0.25) is 15.9 Å². The number of halogens is 2. The largest absolute Gasteiger partial charge is 0.493 e. The number of ether oxygens (including phenoxy) is 1. The van der Waals surface area contributed by atoms with Gasteiger partial charge in [0.1, 0.15) is 5.75 Å². The Hall–Kier alpha value is -2.00. The summed E-state index contributed by atoms with van der Waals surface area (Å²) in [6, 6.07) is 6.58. The van der Waals surface area contributed by atoms with Crippen molar-refractivity contribution < 1.29 is 21.9 Å². The summed E-state index contributed by atoms with van der Waals surface area (Å²) in [4.78, 5) is 0. The minimum absolute atomic E-state index is 0.0169. The fraction of sp³-hybridized carbons (Fsp3) is 0.500. The molecule has 0 unspecified atom stereocenters. The van der Waals surface area contributed by atoms with Crippen LogP contribution in [0.4, 0.5) is 8.78 Å². The van der Waals surface area contributed by atoms with Crippen LogP contribution in [0.1, 0.15) is 24.8 Å². The zero-order valence-corrected chi connectivity index (χ0v) is 16.0. The number of sulfonamides is 1. The van der Waals surface area contributed by atoms with Crippen molar-refractivity contribution in [3.63, 3.8) is 0 Å². The average molecular weight is 399 g/mol. The normalized spacial score (nSPS) is 22.5. The second kappa shape index (κ2) is 7.55. The smallest absolute Gasteiger partial charge is 0.248 e. The lowest BCUT2D eigenvalue weighted by Crippen LogP contribution is -2.48. The third kappa shape index (κ3) is 5.49. The summed E-state index contributed by atoms with van der Waals surface area (Å²) in [5.41, 5.74) is 1.90. The van der Waals surface area contributed by atoms with Crippen LogP contribution in [0.15, 0.2) is 36.7 Å². The minimum atomic E-state index is -3.47. The van der Waals surface area contributed by atoms with Crippen LogP contribution < -0.4 is 9.46 Å². The molecule has 0 spiro atoms. The Morgan fingerprint density at radius 1 is 1.33 bits per heavy atom. The Morgan fingerprint density at radius 2 is 2.04 bits per heavy atom. The average Bonchev–Trinajstić information content (AvgIpc) is 3.01. The third-order valence-corrected chi connectivity index (χ3v) is 5.32. The summed E-state index contributed by atoms with van der Waals surface area (Å²) in [6.07, 6.45) is 4.04. The number of aryl methyl sites for hydroxylation is 1. The number of hydrogen-bond acceptors (Lipinski definition) is 4. The first-order valence-corrected chi connectivity index (χ1v) is 10.6. The van der Waals surface area contributed by atoms with E-state index in [9.17, 15) is 17.2 Å². The van der Waals surface area contributed by atoms with E-state index in [1.165, 1.54) is 0 Å². The predicted molar refractivity (Wildman–Crippen MR) is 97.9 cm³/mol. The molecule has 3 rings (SSSR count). The number of aromatic nitrogens is 2. The van der Waals surface area contributed by atoms with Gasteiger partial charge in [-0.3, -0.25) is 0 Å². The Morgan fingerprint density at radius 3 is 2.63 bits per heavy atom. The predicted octanol–water partition coefficient (Wildman–Crippen LogP) is 2.91. The van der Waals surface area contributed by atoms with Crippen molar-refractivity contribution in [2.45, 2.75) is 38.2 Å². The van der Waals surface area contributed by atoms with E-state index >= 15 is 0 Å². The van der Waals surface area contributed by atoms with Gasteiger partial charge in [-0.25, -0.2) is 26.6 Å². The van der Waals surface area contributed by atoms with Gasteiger partial charge < -0.3 is 4.74 Å². The SMILES string of the molecule is Cc1cnn(-c2ccc(OC[C@H]3CC(F)(F)CC[C@@H]3NS(C)(=O)=O)cc2)c1. The number of alkyl halides is 2. The zero-order valence-electron chi connectivity index (χ0n) is 15.2. The highest BCUT2D eigenvalue weighted by Crippen LogP contribution is 2.37.